The van der Waals surface area contributed by atoms with E-state index in [0.717, 1.165) is 13.1 Å². The molecule has 1 amide bonds. The van der Waals surface area contributed by atoms with Crippen LogP contribution in [-0.2, 0) is 4.79 Å². The summed E-state index contributed by atoms with van der Waals surface area (Å²) in [6, 6.07) is 0. The largest absolute Gasteiger partial charge is 0.342 e. The first-order valence-electron chi connectivity index (χ1n) is 4.01. The molecule has 0 aliphatic rings. The van der Waals surface area contributed by atoms with Crippen LogP contribution in [-0.4, -0.2) is 29.4 Å². The second-order valence-corrected chi connectivity index (χ2v) is 3.20. The number of hydrogen-bond acceptors (Lipinski definition) is 2. The van der Waals surface area contributed by atoms with E-state index in [4.69, 9.17) is 5.73 Å². The zero-order valence-corrected chi connectivity index (χ0v) is 7.85. The van der Waals surface area contributed by atoms with Crippen LogP contribution in [0.4, 0.5) is 0 Å². The molecule has 0 saturated carbocycles. The van der Waals surface area contributed by atoms with Crippen LogP contribution < -0.4 is 5.73 Å². The molecule has 0 aromatic rings. The number of amides is 1. The van der Waals surface area contributed by atoms with Crippen molar-refractivity contribution in [1.82, 2.24) is 4.90 Å². The zero-order chi connectivity index (χ0) is 9.07. The van der Waals surface area contributed by atoms with Gasteiger partial charge in [0, 0.05) is 13.1 Å². The van der Waals surface area contributed by atoms with Gasteiger partial charge in [-0.05, 0) is 27.7 Å². The van der Waals surface area contributed by atoms with E-state index in [2.05, 4.69) is 0 Å². The molecule has 0 spiro atoms. The number of likely N-dealkylation sites (N-methyl/N-ethyl adjacent to an activating group) is 1. The molecular weight excluding hydrogens is 140 g/mol. The van der Waals surface area contributed by atoms with Crippen molar-refractivity contribution in [3.8, 4) is 0 Å². The summed E-state index contributed by atoms with van der Waals surface area (Å²) in [5.74, 6) is 0.0162. The lowest BCUT2D eigenvalue weighted by Gasteiger charge is -2.27. The molecule has 3 heteroatoms. The van der Waals surface area contributed by atoms with Gasteiger partial charge in [-0.15, -0.1) is 0 Å². The molecule has 66 valence electrons. The van der Waals surface area contributed by atoms with Gasteiger partial charge < -0.3 is 10.6 Å². The molecule has 11 heavy (non-hydrogen) atoms. The van der Waals surface area contributed by atoms with Crippen molar-refractivity contribution in [3.63, 3.8) is 0 Å². The van der Waals surface area contributed by atoms with Crippen molar-refractivity contribution < 1.29 is 4.79 Å². The summed E-state index contributed by atoms with van der Waals surface area (Å²) in [4.78, 5) is 13.2. The van der Waals surface area contributed by atoms with Gasteiger partial charge in [0.2, 0.25) is 5.91 Å². The van der Waals surface area contributed by atoms with Gasteiger partial charge in [-0.25, -0.2) is 0 Å². The first-order valence-corrected chi connectivity index (χ1v) is 4.01. The Morgan fingerprint density at radius 2 is 1.73 bits per heavy atom. The molecular formula is C8H18N2O. The second kappa shape index (κ2) is 3.72. The molecule has 0 saturated heterocycles. The average molecular weight is 158 g/mol. The predicted molar refractivity (Wildman–Crippen MR) is 46.2 cm³/mol. The van der Waals surface area contributed by atoms with Crippen LogP contribution >= 0.6 is 0 Å². The van der Waals surface area contributed by atoms with Gasteiger partial charge in [0.15, 0.2) is 0 Å². The van der Waals surface area contributed by atoms with Gasteiger partial charge in [0.25, 0.3) is 0 Å². The summed E-state index contributed by atoms with van der Waals surface area (Å²) in [5.41, 5.74) is 4.91. The summed E-state index contributed by atoms with van der Waals surface area (Å²) >= 11 is 0. The Labute approximate surface area is 68.6 Å². The molecule has 0 rings (SSSR count). The Kier molecular flexibility index (Phi) is 3.52. The third kappa shape index (κ3) is 2.89. The number of carbonyl (C=O) groups excluding carboxylic acids is 1. The third-order valence-electron chi connectivity index (χ3n) is 1.60. The highest BCUT2D eigenvalue weighted by atomic mass is 16.2. The van der Waals surface area contributed by atoms with Crippen LogP contribution in [0.15, 0.2) is 0 Å². The Morgan fingerprint density at radius 3 is 1.82 bits per heavy atom. The van der Waals surface area contributed by atoms with Gasteiger partial charge >= 0.3 is 0 Å². The van der Waals surface area contributed by atoms with Crippen molar-refractivity contribution in [3.05, 3.63) is 0 Å². The Balaban J connectivity index is 4.22. The molecule has 0 aromatic carbocycles. The smallest absolute Gasteiger partial charge is 0.242 e. The minimum absolute atomic E-state index is 0.0162. The van der Waals surface area contributed by atoms with Gasteiger partial charge in [-0.1, -0.05) is 0 Å². The van der Waals surface area contributed by atoms with E-state index < -0.39 is 5.54 Å². The van der Waals surface area contributed by atoms with Gasteiger partial charge in [-0.3, -0.25) is 4.79 Å². The highest BCUT2D eigenvalue weighted by Gasteiger charge is 2.25. The topological polar surface area (TPSA) is 46.3 Å². The van der Waals surface area contributed by atoms with Crippen LogP contribution in [0, 0.1) is 0 Å². The maximum atomic E-state index is 11.4. The van der Waals surface area contributed by atoms with E-state index in [9.17, 15) is 4.79 Å². The lowest BCUT2D eigenvalue weighted by molar-refractivity contribution is -0.135. The highest BCUT2D eigenvalue weighted by molar-refractivity contribution is 5.85. The van der Waals surface area contributed by atoms with Crippen LogP contribution in [0.2, 0.25) is 0 Å². The average Bonchev–Trinajstić information content (AvgIpc) is 1.88. The fraction of sp³-hybridized carbons (Fsp3) is 0.875. The van der Waals surface area contributed by atoms with Crippen molar-refractivity contribution in [2.75, 3.05) is 13.1 Å². The summed E-state index contributed by atoms with van der Waals surface area (Å²) < 4.78 is 0. The Morgan fingerprint density at radius 1 is 1.36 bits per heavy atom. The summed E-state index contributed by atoms with van der Waals surface area (Å²) in [7, 11) is 0. The van der Waals surface area contributed by atoms with E-state index in [0.29, 0.717) is 0 Å². The van der Waals surface area contributed by atoms with Gasteiger partial charge in [0.05, 0.1) is 5.54 Å². The quantitative estimate of drug-likeness (QED) is 0.653. The molecule has 0 aliphatic heterocycles. The zero-order valence-electron chi connectivity index (χ0n) is 7.85. The first kappa shape index (κ1) is 10.4. The van der Waals surface area contributed by atoms with Crippen molar-refractivity contribution in [2.24, 2.45) is 5.73 Å². The van der Waals surface area contributed by atoms with E-state index in [-0.39, 0.29) is 5.91 Å². The lowest BCUT2D eigenvalue weighted by Crippen LogP contribution is -2.50. The summed E-state index contributed by atoms with van der Waals surface area (Å²) in [5, 5.41) is 0. The maximum absolute atomic E-state index is 11.4. The minimum atomic E-state index is -0.730. The number of rotatable bonds is 3. The van der Waals surface area contributed by atoms with E-state index in [1.54, 1.807) is 18.7 Å². The molecule has 0 bridgehead atoms. The molecule has 0 aromatic heterocycles. The SMILES string of the molecule is CCN(CC)C(=O)C(C)(C)N. The molecule has 0 atom stereocenters. The van der Waals surface area contributed by atoms with Gasteiger partial charge in [0.1, 0.15) is 0 Å². The molecule has 2 N–H and O–H groups in total. The molecule has 0 radical (unpaired) electrons. The van der Waals surface area contributed by atoms with Crippen LogP contribution in [0.5, 0.6) is 0 Å². The highest BCUT2D eigenvalue weighted by Crippen LogP contribution is 2.03. The number of carbonyl (C=O) groups is 1. The monoisotopic (exact) mass is 158 g/mol. The Bertz CT molecular complexity index is 134. The van der Waals surface area contributed by atoms with Crippen LogP contribution in [0.1, 0.15) is 27.7 Å². The molecule has 0 unspecified atom stereocenters. The fourth-order valence-electron chi connectivity index (χ4n) is 0.918. The Hall–Kier alpha value is -0.570. The van der Waals surface area contributed by atoms with Crippen molar-refractivity contribution in [2.45, 2.75) is 33.2 Å². The van der Waals surface area contributed by atoms with Crippen LogP contribution in [0.3, 0.4) is 0 Å². The summed E-state index contributed by atoms with van der Waals surface area (Å²) in [6.45, 7) is 8.83. The fourth-order valence-corrected chi connectivity index (χ4v) is 0.918. The predicted octanol–water partition coefficient (Wildman–Crippen LogP) is 0.592. The van der Waals surface area contributed by atoms with Crippen LogP contribution in [0.25, 0.3) is 0 Å². The minimum Gasteiger partial charge on any atom is -0.342 e. The standard InChI is InChI=1S/C8H18N2O/c1-5-10(6-2)7(11)8(3,4)9/h5-6,9H2,1-4H3. The third-order valence-corrected chi connectivity index (χ3v) is 1.60. The molecule has 3 nitrogen and oxygen atoms in total. The van der Waals surface area contributed by atoms with E-state index in [1.807, 2.05) is 13.8 Å². The van der Waals surface area contributed by atoms with E-state index >= 15 is 0 Å². The number of nitrogens with two attached hydrogens (primary N) is 1. The normalized spacial score (nSPS) is 11.4. The number of nitrogens with zero attached hydrogens (tertiary/aromatic N) is 1. The van der Waals surface area contributed by atoms with Gasteiger partial charge in [-0.2, -0.15) is 0 Å². The van der Waals surface area contributed by atoms with E-state index in [1.165, 1.54) is 0 Å². The van der Waals surface area contributed by atoms with Crippen molar-refractivity contribution >= 4 is 5.91 Å². The van der Waals surface area contributed by atoms with Crippen molar-refractivity contribution in [1.29, 1.82) is 0 Å². The molecule has 0 fully saturated rings. The maximum Gasteiger partial charge on any atom is 0.242 e. The molecule has 0 aliphatic carbocycles. The number of hydrogen-bond donors (Lipinski definition) is 1. The molecule has 0 heterocycles. The lowest BCUT2D eigenvalue weighted by atomic mass is 10.1. The summed E-state index contributed by atoms with van der Waals surface area (Å²) in [6.07, 6.45) is 0. The second-order valence-electron chi connectivity index (χ2n) is 3.20. The first-order chi connectivity index (χ1) is 4.93.